The van der Waals surface area contributed by atoms with E-state index < -0.39 is 0 Å². The lowest BCUT2D eigenvalue weighted by Gasteiger charge is -1.95. The van der Waals surface area contributed by atoms with Gasteiger partial charge in [-0.05, 0) is 19.3 Å². The van der Waals surface area contributed by atoms with Crippen molar-refractivity contribution in [3.63, 3.8) is 0 Å². The molecule has 0 radical (unpaired) electrons. The second kappa shape index (κ2) is 5.33. The first-order valence-electron chi connectivity index (χ1n) is 6.39. The first kappa shape index (κ1) is 12.8. The van der Waals surface area contributed by atoms with E-state index in [1.165, 1.54) is 0 Å². The largest absolute Gasteiger partial charge is 0.435 e. The molecule has 0 aliphatic rings. The van der Waals surface area contributed by atoms with Crippen molar-refractivity contribution >= 4 is 0 Å². The predicted octanol–water partition coefficient (Wildman–Crippen LogP) is 3.18. The summed E-state index contributed by atoms with van der Waals surface area (Å²) in [6.45, 7) is 8.22. The summed E-state index contributed by atoms with van der Waals surface area (Å²) in [6.07, 6.45) is 2.63. The van der Waals surface area contributed by atoms with Gasteiger partial charge in [0.2, 0.25) is 5.76 Å². The third-order valence-corrected chi connectivity index (χ3v) is 2.56. The van der Waals surface area contributed by atoms with Gasteiger partial charge >= 0.3 is 0 Å². The van der Waals surface area contributed by atoms with E-state index in [2.05, 4.69) is 35.9 Å². The smallest absolute Gasteiger partial charge is 0.295 e. The van der Waals surface area contributed by atoms with E-state index in [4.69, 9.17) is 8.94 Å². The van der Waals surface area contributed by atoms with Gasteiger partial charge in [0, 0.05) is 12.8 Å². The zero-order valence-electron chi connectivity index (χ0n) is 11.4. The quantitative estimate of drug-likeness (QED) is 0.814. The lowest BCUT2D eigenvalue weighted by Crippen LogP contribution is -1.95. The summed E-state index contributed by atoms with van der Waals surface area (Å²) in [5.74, 6) is 2.97. The number of aromatic nitrogens is 3. The normalized spacial score (nSPS) is 11.4. The highest BCUT2D eigenvalue weighted by Gasteiger charge is 2.18. The Labute approximate surface area is 107 Å². The van der Waals surface area contributed by atoms with Crippen molar-refractivity contribution < 1.29 is 8.94 Å². The maximum atomic E-state index is 5.65. The molecule has 0 aromatic carbocycles. The molecule has 0 atom stereocenters. The molecular formula is C13H19N3O2. The van der Waals surface area contributed by atoms with E-state index in [0.717, 1.165) is 30.8 Å². The highest BCUT2D eigenvalue weighted by atomic mass is 16.5. The Hall–Kier alpha value is -1.65. The van der Waals surface area contributed by atoms with Crippen molar-refractivity contribution in [3.8, 4) is 11.7 Å². The monoisotopic (exact) mass is 249 g/mol. The molecule has 0 fully saturated rings. The fourth-order valence-corrected chi connectivity index (χ4v) is 1.77. The number of aryl methyl sites for hydroxylation is 2. The first-order chi connectivity index (χ1) is 8.60. The van der Waals surface area contributed by atoms with E-state index in [9.17, 15) is 0 Å². The van der Waals surface area contributed by atoms with Gasteiger partial charge in [-0.1, -0.05) is 25.9 Å². The van der Waals surface area contributed by atoms with Gasteiger partial charge in [-0.2, -0.15) is 4.98 Å². The molecular weight excluding hydrogens is 230 g/mol. The van der Waals surface area contributed by atoms with Gasteiger partial charge in [0.15, 0.2) is 11.7 Å². The molecule has 0 N–H and O–H groups in total. The summed E-state index contributed by atoms with van der Waals surface area (Å²) in [5, 5.41) is 3.96. The van der Waals surface area contributed by atoms with Crippen molar-refractivity contribution in [3.05, 3.63) is 17.4 Å². The molecule has 2 aromatic heterocycles. The average molecular weight is 249 g/mol. The molecule has 2 rings (SSSR count). The molecule has 2 heterocycles. The molecule has 0 spiro atoms. The maximum absolute atomic E-state index is 5.65. The molecule has 0 aliphatic heterocycles. The molecule has 98 valence electrons. The SMILES string of the molecule is CCCc1nc(C)c(-c2nc(CC(C)C)no2)o1. The predicted molar refractivity (Wildman–Crippen MR) is 67.1 cm³/mol. The average Bonchev–Trinajstić information content (AvgIpc) is 2.85. The Balaban J connectivity index is 2.22. The Morgan fingerprint density at radius 2 is 2.00 bits per heavy atom. The molecule has 2 aromatic rings. The molecule has 0 saturated heterocycles. The minimum Gasteiger partial charge on any atom is -0.435 e. The van der Waals surface area contributed by atoms with Gasteiger partial charge in [-0.15, -0.1) is 0 Å². The third kappa shape index (κ3) is 2.78. The van der Waals surface area contributed by atoms with Gasteiger partial charge in [0.1, 0.15) is 0 Å². The second-order valence-electron chi connectivity index (χ2n) is 4.89. The summed E-state index contributed by atoms with van der Waals surface area (Å²) in [5.41, 5.74) is 0.804. The van der Waals surface area contributed by atoms with Crippen LogP contribution in [0.25, 0.3) is 11.7 Å². The molecule has 5 heteroatoms. The highest BCUT2D eigenvalue weighted by molar-refractivity contribution is 5.47. The van der Waals surface area contributed by atoms with Crippen LogP contribution in [0.3, 0.4) is 0 Å². The van der Waals surface area contributed by atoms with Crippen LogP contribution >= 0.6 is 0 Å². The summed E-state index contributed by atoms with van der Waals surface area (Å²) in [4.78, 5) is 8.70. The van der Waals surface area contributed by atoms with Crippen molar-refractivity contribution in [1.82, 2.24) is 15.1 Å². The van der Waals surface area contributed by atoms with Gasteiger partial charge in [0.25, 0.3) is 5.89 Å². The van der Waals surface area contributed by atoms with Crippen LogP contribution < -0.4 is 0 Å². The fourth-order valence-electron chi connectivity index (χ4n) is 1.77. The molecule has 18 heavy (non-hydrogen) atoms. The van der Waals surface area contributed by atoms with Crippen LogP contribution in [-0.2, 0) is 12.8 Å². The lowest BCUT2D eigenvalue weighted by molar-refractivity contribution is 0.400. The minimum atomic E-state index is 0.429. The van der Waals surface area contributed by atoms with Crippen molar-refractivity contribution in [2.75, 3.05) is 0 Å². The summed E-state index contributed by atoms with van der Waals surface area (Å²) in [6, 6.07) is 0. The van der Waals surface area contributed by atoms with Crippen LogP contribution in [0.1, 0.15) is 44.6 Å². The lowest BCUT2D eigenvalue weighted by atomic mass is 10.1. The van der Waals surface area contributed by atoms with E-state index in [-0.39, 0.29) is 0 Å². The van der Waals surface area contributed by atoms with E-state index in [1.54, 1.807) is 0 Å². The Bertz CT molecular complexity index is 514. The molecule has 0 unspecified atom stereocenters. The summed E-state index contributed by atoms with van der Waals surface area (Å²) >= 11 is 0. The minimum absolute atomic E-state index is 0.429. The van der Waals surface area contributed by atoms with Crippen LogP contribution in [-0.4, -0.2) is 15.1 Å². The molecule has 0 amide bonds. The topological polar surface area (TPSA) is 65.0 Å². The van der Waals surface area contributed by atoms with E-state index in [1.807, 2.05) is 6.92 Å². The molecule has 0 saturated carbocycles. The van der Waals surface area contributed by atoms with E-state index >= 15 is 0 Å². The Morgan fingerprint density at radius 3 is 2.67 bits per heavy atom. The van der Waals surface area contributed by atoms with Crippen molar-refractivity contribution in [1.29, 1.82) is 0 Å². The number of nitrogens with zero attached hydrogens (tertiary/aromatic N) is 3. The van der Waals surface area contributed by atoms with Crippen LogP contribution in [0.2, 0.25) is 0 Å². The number of hydrogen-bond acceptors (Lipinski definition) is 5. The van der Waals surface area contributed by atoms with Gasteiger partial charge in [-0.3, -0.25) is 0 Å². The van der Waals surface area contributed by atoms with Gasteiger partial charge in [-0.25, -0.2) is 4.98 Å². The standard InChI is InChI=1S/C13H19N3O2/c1-5-6-11-14-9(4)12(17-11)13-15-10(16-18-13)7-8(2)3/h8H,5-7H2,1-4H3. The first-order valence-corrected chi connectivity index (χ1v) is 6.39. The van der Waals surface area contributed by atoms with Crippen molar-refractivity contribution in [2.45, 2.75) is 47.0 Å². The Kier molecular flexibility index (Phi) is 3.79. The summed E-state index contributed by atoms with van der Waals surface area (Å²) < 4.78 is 10.9. The van der Waals surface area contributed by atoms with Crippen LogP contribution in [0.4, 0.5) is 0 Å². The van der Waals surface area contributed by atoms with Crippen LogP contribution in [0.15, 0.2) is 8.94 Å². The van der Waals surface area contributed by atoms with Crippen molar-refractivity contribution in [2.24, 2.45) is 5.92 Å². The Morgan fingerprint density at radius 1 is 1.22 bits per heavy atom. The maximum Gasteiger partial charge on any atom is 0.295 e. The number of oxazole rings is 1. The van der Waals surface area contributed by atoms with Crippen LogP contribution in [0, 0.1) is 12.8 Å². The van der Waals surface area contributed by atoms with Gasteiger partial charge in [0.05, 0.1) is 5.69 Å². The summed E-state index contributed by atoms with van der Waals surface area (Å²) in [7, 11) is 0. The molecule has 0 bridgehead atoms. The third-order valence-electron chi connectivity index (χ3n) is 2.56. The zero-order chi connectivity index (χ0) is 13.1. The highest BCUT2D eigenvalue weighted by Crippen LogP contribution is 2.23. The number of rotatable bonds is 5. The molecule has 5 nitrogen and oxygen atoms in total. The fraction of sp³-hybridized carbons (Fsp3) is 0.615. The van der Waals surface area contributed by atoms with Crippen LogP contribution in [0.5, 0.6) is 0 Å². The van der Waals surface area contributed by atoms with E-state index in [0.29, 0.717) is 23.4 Å². The number of hydrogen-bond donors (Lipinski definition) is 0. The zero-order valence-corrected chi connectivity index (χ0v) is 11.4. The molecule has 0 aliphatic carbocycles. The second-order valence-corrected chi connectivity index (χ2v) is 4.89. The van der Waals surface area contributed by atoms with Gasteiger partial charge < -0.3 is 8.94 Å².